The van der Waals surface area contributed by atoms with E-state index in [2.05, 4.69) is 6.92 Å². The van der Waals surface area contributed by atoms with Crippen molar-refractivity contribution in [3.63, 3.8) is 0 Å². The van der Waals surface area contributed by atoms with Gasteiger partial charge in [0.1, 0.15) is 5.75 Å². The smallest absolute Gasteiger partial charge is 0.340 e. The van der Waals surface area contributed by atoms with Gasteiger partial charge < -0.3 is 23.8 Å². The van der Waals surface area contributed by atoms with E-state index in [1.165, 1.54) is 18.4 Å². The summed E-state index contributed by atoms with van der Waals surface area (Å²) in [5.74, 6) is 0.212. The number of aryl methyl sites for hydroxylation is 1. The Hall–Kier alpha value is -2.75. The highest BCUT2D eigenvalue weighted by molar-refractivity contribution is 7.15. The molecule has 0 atom stereocenters. The van der Waals surface area contributed by atoms with Crippen molar-refractivity contribution in [3.05, 3.63) is 40.3 Å². The molecule has 0 saturated heterocycles. The zero-order chi connectivity index (χ0) is 26.2. The maximum Gasteiger partial charge on any atom is 0.340 e. The van der Waals surface area contributed by atoms with Crippen molar-refractivity contribution in [2.24, 2.45) is 11.8 Å². The number of carbonyl (C=O) groups is 3. The predicted molar refractivity (Wildman–Crippen MR) is 138 cm³/mol. The Bertz CT molecular complexity index is 1050. The van der Waals surface area contributed by atoms with Crippen LogP contribution < -0.4 is 9.64 Å². The quantitative estimate of drug-likeness (QED) is 0.296. The maximum absolute atomic E-state index is 13.9. The molecule has 0 spiro atoms. The molecular weight excluding hydrogens is 482 g/mol. The van der Waals surface area contributed by atoms with Gasteiger partial charge in [-0.2, -0.15) is 0 Å². The summed E-state index contributed by atoms with van der Waals surface area (Å²) < 4.78 is 21.9. The van der Waals surface area contributed by atoms with E-state index in [4.69, 9.17) is 18.9 Å². The van der Waals surface area contributed by atoms with Gasteiger partial charge >= 0.3 is 5.97 Å². The Labute approximate surface area is 216 Å². The predicted octanol–water partition coefficient (Wildman–Crippen LogP) is 5.27. The molecule has 8 nitrogen and oxygen atoms in total. The van der Waals surface area contributed by atoms with Crippen LogP contribution in [0.25, 0.3) is 0 Å². The molecule has 0 aliphatic heterocycles. The number of anilines is 1. The first-order chi connectivity index (χ1) is 17.3. The highest BCUT2D eigenvalue weighted by Crippen LogP contribution is 2.37. The van der Waals surface area contributed by atoms with Gasteiger partial charge in [0.25, 0.3) is 0 Å². The molecule has 0 bridgehead atoms. The van der Waals surface area contributed by atoms with Crippen LogP contribution in [0.5, 0.6) is 10.8 Å². The Kier molecular flexibility index (Phi) is 10.0. The fourth-order valence-corrected chi connectivity index (χ4v) is 5.45. The summed E-state index contributed by atoms with van der Waals surface area (Å²) in [5.41, 5.74) is 1.44. The average molecular weight is 518 g/mol. The second-order valence-corrected chi connectivity index (χ2v) is 10.3. The fourth-order valence-electron chi connectivity index (χ4n) is 4.60. The van der Waals surface area contributed by atoms with E-state index in [0.29, 0.717) is 27.3 Å². The SMILES string of the molecule is COCC(COC)N(C(=O)C1CCC(C)CC1)c1ccc(Oc2sc(C=O)cc2C)cc1C(=O)OC. The molecule has 1 amide bonds. The van der Waals surface area contributed by atoms with Gasteiger partial charge in [0.2, 0.25) is 5.91 Å². The summed E-state index contributed by atoms with van der Waals surface area (Å²) in [6.45, 7) is 4.54. The lowest BCUT2D eigenvalue weighted by Crippen LogP contribution is -2.49. The molecule has 0 N–H and O–H groups in total. The molecule has 196 valence electrons. The number of thiophene rings is 1. The molecule has 0 radical (unpaired) electrons. The third-order valence-electron chi connectivity index (χ3n) is 6.54. The van der Waals surface area contributed by atoms with Crippen LogP contribution >= 0.6 is 11.3 Å². The van der Waals surface area contributed by atoms with Crippen molar-refractivity contribution in [1.82, 2.24) is 0 Å². The van der Waals surface area contributed by atoms with Gasteiger partial charge in [-0.1, -0.05) is 18.3 Å². The van der Waals surface area contributed by atoms with Crippen LogP contribution in [0.3, 0.4) is 0 Å². The minimum Gasteiger partial charge on any atom is -0.465 e. The number of amides is 1. The van der Waals surface area contributed by atoms with Gasteiger partial charge in [-0.3, -0.25) is 9.59 Å². The van der Waals surface area contributed by atoms with Crippen LogP contribution in [0, 0.1) is 18.8 Å². The molecule has 0 unspecified atom stereocenters. The van der Waals surface area contributed by atoms with Crippen molar-refractivity contribution in [1.29, 1.82) is 0 Å². The van der Waals surface area contributed by atoms with Gasteiger partial charge in [-0.05, 0) is 62.8 Å². The molecule has 1 fully saturated rings. The van der Waals surface area contributed by atoms with E-state index >= 15 is 0 Å². The summed E-state index contributed by atoms with van der Waals surface area (Å²) in [6, 6.07) is 6.29. The number of hydrogen-bond donors (Lipinski definition) is 0. The maximum atomic E-state index is 13.9. The third kappa shape index (κ3) is 6.52. The molecule has 1 aromatic heterocycles. The van der Waals surface area contributed by atoms with E-state index in [0.717, 1.165) is 37.5 Å². The molecular formula is C27H35NO7S. The zero-order valence-electron chi connectivity index (χ0n) is 21.6. The van der Waals surface area contributed by atoms with Crippen molar-refractivity contribution >= 4 is 35.2 Å². The third-order valence-corrected chi connectivity index (χ3v) is 7.58. The van der Waals surface area contributed by atoms with Crippen LogP contribution in [0.1, 0.15) is 58.2 Å². The van der Waals surface area contributed by atoms with Crippen LogP contribution in [-0.4, -0.2) is 58.7 Å². The monoisotopic (exact) mass is 517 g/mol. The highest BCUT2D eigenvalue weighted by Gasteiger charge is 2.35. The lowest BCUT2D eigenvalue weighted by atomic mass is 9.82. The average Bonchev–Trinajstić information content (AvgIpc) is 3.24. The van der Waals surface area contributed by atoms with Gasteiger partial charge in [-0.25, -0.2) is 4.79 Å². The van der Waals surface area contributed by atoms with Gasteiger partial charge in [0.05, 0.1) is 42.5 Å². The van der Waals surface area contributed by atoms with E-state index < -0.39 is 12.0 Å². The Balaban J connectivity index is 2.04. The normalized spacial score (nSPS) is 17.6. The van der Waals surface area contributed by atoms with Crippen molar-refractivity contribution in [2.45, 2.75) is 45.6 Å². The summed E-state index contributed by atoms with van der Waals surface area (Å²) >= 11 is 1.22. The van der Waals surface area contributed by atoms with Crippen molar-refractivity contribution in [2.75, 3.05) is 39.4 Å². The molecule has 2 aromatic rings. The number of aldehydes is 1. The summed E-state index contributed by atoms with van der Waals surface area (Å²) in [6.07, 6.45) is 4.35. The largest absolute Gasteiger partial charge is 0.465 e. The van der Waals surface area contributed by atoms with Crippen LogP contribution in [0.4, 0.5) is 5.69 Å². The first kappa shape index (κ1) is 27.8. The number of hydrogen-bond acceptors (Lipinski definition) is 8. The van der Waals surface area contributed by atoms with Gasteiger partial charge in [0, 0.05) is 25.7 Å². The minimum atomic E-state index is -0.587. The highest BCUT2D eigenvalue weighted by atomic mass is 32.1. The summed E-state index contributed by atoms with van der Waals surface area (Å²) in [5, 5.41) is 0.557. The fraction of sp³-hybridized carbons (Fsp3) is 0.519. The number of rotatable bonds is 11. The molecule has 1 aliphatic rings. The number of benzene rings is 1. The van der Waals surface area contributed by atoms with Crippen LogP contribution in [0.2, 0.25) is 0 Å². The Morgan fingerprint density at radius 1 is 1.08 bits per heavy atom. The summed E-state index contributed by atoms with van der Waals surface area (Å²) in [4.78, 5) is 40.2. The molecule has 36 heavy (non-hydrogen) atoms. The number of esters is 1. The zero-order valence-corrected chi connectivity index (χ0v) is 22.4. The Morgan fingerprint density at radius 2 is 1.75 bits per heavy atom. The number of nitrogens with zero attached hydrogens (tertiary/aromatic N) is 1. The standard InChI is InChI=1S/C27H35NO7S/c1-17-6-8-19(9-7-17)25(30)28(20(15-32-3)16-33-4)24-11-10-21(13-23(24)26(31)34-5)35-27-18(2)12-22(14-29)36-27/h10-14,17,19-20H,6-9,15-16H2,1-5H3. The van der Waals surface area contributed by atoms with Crippen molar-refractivity contribution in [3.8, 4) is 10.8 Å². The number of carbonyl (C=O) groups excluding carboxylic acids is 3. The molecule has 1 aliphatic carbocycles. The lowest BCUT2D eigenvalue weighted by Gasteiger charge is -2.36. The number of methoxy groups -OCH3 is 3. The molecule has 1 heterocycles. The first-order valence-electron chi connectivity index (χ1n) is 12.1. The second kappa shape index (κ2) is 13.0. The van der Waals surface area contributed by atoms with E-state index in [-0.39, 0.29) is 30.6 Å². The minimum absolute atomic E-state index is 0.0513. The second-order valence-electron chi connectivity index (χ2n) is 9.24. The topological polar surface area (TPSA) is 91.4 Å². The molecule has 1 aromatic carbocycles. The van der Waals surface area contributed by atoms with E-state index in [1.807, 2.05) is 6.92 Å². The first-order valence-corrected chi connectivity index (χ1v) is 12.9. The number of ether oxygens (including phenoxy) is 4. The Morgan fingerprint density at radius 3 is 2.31 bits per heavy atom. The van der Waals surface area contributed by atoms with Crippen molar-refractivity contribution < 1.29 is 33.3 Å². The molecule has 9 heteroatoms. The molecule has 3 rings (SSSR count). The van der Waals surface area contributed by atoms with Gasteiger partial charge in [0.15, 0.2) is 11.3 Å². The van der Waals surface area contributed by atoms with Gasteiger partial charge in [-0.15, -0.1) is 0 Å². The summed E-state index contributed by atoms with van der Waals surface area (Å²) in [7, 11) is 4.45. The van der Waals surface area contributed by atoms with Crippen LogP contribution in [0.15, 0.2) is 24.3 Å². The molecule has 1 saturated carbocycles. The van der Waals surface area contributed by atoms with E-state index in [9.17, 15) is 14.4 Å². The lowest BCUT2D eigenvalue weighted by molar-refractivity contribution is -0.124. The van der Waals surface area contributed by atoms with E-state index in [1.54, 1.807) is 43.4 Å². The van der Waals surface area contributed by atoms with Crippen LogP contribution in [-0.2, 0) is 19.0 Å².